The molecule has 1 aliphatic heterocycles. The molecule has 28 heavy (non-hydrogen) atoms. The molecule has 0 aromatic heterocycles. The summed E-state index contributed by atoms with van der Waals surface area (Å²) in [7, 11) is 1.56. The van der Waals surface area contributed by atoms with Gasteiger partial charge in [0.15, 0.2) is 17.6 Å². The monoisotopic (exact) mass is 405 g/mol. The third-order valence-electron chi connectivity index (χ3n) is 4.13. The van der Waals surface area contributed by atoms with E-state index in [1.54, 1.807) is 13.2 Å². The van der Waals surface area contributed by atoms with E-state index in [0.29, 0.717) is 30.5 Å². The largest absolute Gasteiger partial charge is 0.496 e. The minimum atomic E-state index is -0.991. The van der Waals surface area contributed by atoms with E-state index in [-0.39, 0.29) is 17.1 Å². The standard InChI is InChI=1S/C20H20ClNO6/c1-12(19(23)22-11-13-5-3-4-6-16(13)25-2)28-20(24)14-9-15(21)18-17(10-14)26-7-8-27-18/h3-6,9-10,12H,7-8,11H2,1-2H3,(H,22,23)/t12-/m1/s1. The molecule has 1 heterocycles. The van der Waals surface area contributed by atoms with Gasteiger partial charge in [-0.1, -0.05) is 29.8 Å². The Kier molecular flexibility index (Phi) is 6.26. The van der Waals surface area contributed by atoms with Gasteiger partial charge in [0.25, 0.3) is 5.91 Å². The molecule has 7 nitrogen and oxygen atoms in total. The summed E-state index contributed by atoms with van der Waals surface area (Å²) in [6.45, 7) is 2.50. The Morgan fingerprint density at radius 3 is 2.75 bits per heavy atom. The highest BCUT2D eigenvalue weighted by Gasteiger charge is 2.23. The molecule has 1 N–H and O–H groups in total. The zero-order valence-corrected chi connectivity index (χ0v) is 16.2. The van der Waals surface area contributed by atoms with Crippen LogP contribution in [0.25, 0.3) is 0 Å². The van der Waals surface area contributed by atoms with Gasteiger partial charge < -0.3 is 24.3 Å². The Morgan fingerprint density at radius 1 is 1.21 bits per heavy atom. The van der Waals surface area contributed by atoms with Crippen LogP contribution < -0.4 is 19.5 Å². The van der Waals surface area contributed by atoms with Gasteiger partial charge in [0.1, 0.15) is 19.0 Å². The van der Waals surface area contributed by atoms with E-state index in [1.807, 2.05) is 18.2 Å². The quantitative estimate of drug-likeness (QED) is 0.744. The number of carbonyl (C=O) groups excluding carboxylic acids is 2. The third kappa shape index (κ3) is 4.48. The Bertz CT molecular complexity index is 885. The number of nitrogens with one attached hydrogen (secondary N) is 1. The molecule has 0 aliphatic carbocycles. The molecule has 3 rings (SSSR count). The molecule has 1 atom stereocenters. The van der Waals surface area contributed by atoms with Gasteiger partial charge in [0.05, 0.1) is 17.7 Å². The summed E-state index contributed by atoms with van der Waals surface area (Å²) in [5.41, 5.74) is 0.995. The smallest absolute Gasteiger partial charge is 0.339 e. The van der Waals surface area contributed by atoms with Crippen molar-refractivity contribution in [3.8, 4) is 17.2 Å². The average Bonchev–Trinajstić information content (AvgIpc) is 2.72. The lowest BCUT2D eigenvalue weighted by atomic mass is 10.2. The number of ether oxygens (including phenoxy) is 4. The molecule has 2 aromatic carbocycles. The maximum Gasteiger partial charge on any atom is 0.339 e. The van der Waals surface area contributed by atoms with Crippen molar-refractivity contribution in [3.05, 3.63) is 52.5 Å². The zero-order chi connectivity index (χ0) is 20.1. The molecule has 0 saturated carbocycles. The van der Waals surface area contributed by atoms with Crippen LogP contribution in [0.15, 0.2) is 36.4 Å². The SMILES string of the molecule is COc1ccccc1CNC(=O)[C@@H](C)OC(=O)c1cc(Cl)c2c(c1)OCCO2. The van der Waals surface area contributed by atoms with Crippen LogP contribution in [-0.4, -0.2) is 38.3 Å². The van der Waals surface area contributed by atoms with Crippen molar-refractivity contribution < 1.29 is 28.5 Å². The van der Waals surface area contributed by atoms with Crippen LogP contribution >= 0.6 is 11.6 Å². The van der Waals surface area contributed by atoms with Gasteiger partial charge in [-0.05, 0) is 25.1 Å². The van der Waals surface area contributed by atoms with Crippen LogP contribution in [0.2, 0.25) is 5.02 Å². The number of halogens is 1. The second-order valence-electron chi connectivity index (χ2n) is 6.06. The minimum absolute atomic E-state index is 0.179. The molecule has 148 valence electrons. The number of amides is 1. The van der Waals surface area contributed by atoms with E-state index < -0.39 is 18.0 Å². The van der Waals surface area contributed by atoms with Crippen molar-refractivity contribution in [1.82, 2.24) is 5.32 Å². The highest BCUT2D eigenvalue weighted by atomic mass is 35.5. The first-order valence-electron chi connectivity index (χ1n) is 8.69. The van der Waals surface area contributed by atoms with Crippen LogP contribution in [-0.2, 0) is 16.1 Å². The molecule has 0 spiro atoms. The number of fused-ring (bicyclic) bond motifs is 1. The van der Waals surface area contributed by atoms with Crippen molar-refractivity contribution in [2.24, 2.45) is 0 Å². The van der Waals surface area contributed by atoms with Gasteiger partial charge in [-0.15, -0.1) is 0 Å². The number of methoxy groups -OCH3 is 1. The van der Waals surface area contributed by atoms with Gasteiger partial charge in [-0.2, -0.15) is 0 Å². The van der Waals surface area contributed by atoms with Gasteiger partial charge in [-0.3, -0.25) is 4.79 Å². The lowest BCUT2D eigenvalue weighted by Gasteiger charge is -2.20. The van der Waals surface area contributed by atoms with Gasteiger partial charge in [0, 0.05) is 12.1 Å². The summed E-state index contributed by atoms with van der Waals surface area (Å²) in [4.78, 5) is 24.7. The predicted octanol–water partition coefficient (Wildman–Crippen LogP) is 2.98. The fourth-order valence-electron chi connectivity index (χ4n) is 2.69. The summed E-state index contributed by atoms with van der Waals surface area (Å²) >= 11 is 6.13. The predicted molar refractivity (Wildman–Crippen MR) is 102 cm³/mol. The van der Waals surface area contributed by atoms with Gasteiger partial charge in [0.2, 0.25) is 0 Å². The first kappa shape index (κ1) is 19.8. The Hall–Kier alpha value is -2.93. The number of carbonyl (C=O) groups is 2. The minimum Gasteiger partial charge on any atom is -0.496 e. The second kappa shape index (κ2) is 8.84. The van der Waals surface area contributed by atoms with Crippen molar-refractivity contribution in [2.75, 3.05) is 20.3 Å². The average molecular weight is 406 g/mol. The molecule has 2 aromatic rings. The van der Waals surface area contributed by atoms with E-state index in [1.165, 1.54) is 19.1 Å². The highest BCUT2D eigenvalue weighted by molar-refractivity contribution is 6.32. The van der Waals surface area contributed by atoms with E-state index in [9.17, 15) is 9.59 Å². The maximum absolute atomic E-state index is 12.4. The molecule has 0 radical (unpaired) electrons. The van der Waals surface area contributed by atoms with E-state index in [2.05, 4.69) is 5.32 Å². The van der Waals surface area contributed by atoms with Crippen LogP contribution in [0.3, 0.4) is 0 Å². The molecule has 1 aliphatic rings. The molecular weight excluding hydrogens is 386 g/mol. The Balaban J connectivity index is 1.61. The second-order valence-corrected chi connectivity index (χ2v) is 6.47. The third-order valence-corrected chi connectivity index (χ3v) is 4.41. The topological polar surface area (TPSA) is 83.1 Å². The number of hydrogen-bond donors (Lipinski definition) is 1. The van der Waals surface area contributed by atoms with Crippen LogP contribution in [0.5, 0.6) is 17.2 Å². The fraction of sp³-hybridized carbons (Fsp3) is 0.300. The van der Waals surface area contributed by atoms with E-state index >= 15 is 0 Å². The van der Waals surface area contributed by atoms with Crippen LogP contribution in [0.1, 0.15) is 22.8 Å². The fourth-order valence-corrected chi connectivity index (χ4v) is 2.95. The first-order chi connectivity index (χ1) is 13.5. The van der Waals surface area contributed by atoms with E-state index in [4.69, 9.17) is 30.5 Å². The number of para-hydroxylation sites is 1. The normalized spacial score (nSPS) is 13.4. The molecule has 0 fully saturated rings. The number of benzene rings is 2. The molecule has 0 bridgehead atoms. The molecule has 0 saturated heterocycles. The lowest BCUT2D eigenvalue weighted by Crippen LogP contribution is -2.35. The summed E-state index contributed by atoms with van der Waals surface area (Å²) in [5.74, 6) is 0.325. The Labute approximate surface area is 167 Å². The maximum atomic E-state index is 12.4. The van der Waals surface area contributed by atoms with Gasteiger partial charge >= 0.3 is 5.97 Å². The first-order valence-corrected chi connectivity index (χ1v) is 9.07. The number of hydrogen-bond acceptors (Lipinski definition) is 6. The van der Waals surface area contributed by atoms with Crippen LogP contribution in [0, 0.1) is 0 Å². The summed E-state index contributed by atoms with van der Waals surface area (Å²) in [5, 5.41) is 2.97. The van der Waals surface area contributed by atoms with Crippen molar-refractivity contribution in [3.63, 3.8) is 0 Å². The van der Waals surface area contributed by atoms with Crippen molar-refractivity contribution in [2.45, 2.75) is 19.6 Å². The van der Waals surface area contributed by atoms with Crippen molar-refractivity contribution >= 4 is 23.5 Å². The summed E-state index contributed by atoms with van der Waals surface area (Å²) in [6, 6.07) is 10.2. The summed E-state index contributed by atoms with van der Waals surface area (Å²) in [6.07, 6.45) is -0.991. The van der Waals surface area contributed by atoms with Crippen molar-refractivity contribution in [1.29, 1.82) is 0 Å². The van der Waals surface area contributed by atoms with E-state index in [0.717, 1.165) is 5.56 Å². The molecule has 0 unspecified atom stereocenters. The van der Waals surface area contributed by atoms with Gasteiger partial charge in [-0.25, -0.2) is 4.79 Å². The number of rotatable bonds is 6. The molecule has 1 amide bonds. The van der Waals surface area contributed by atoms with Crippen LogP contribution in [0.4, 0.5) is 0 Å². The summed E-state index contributed by atoms with van der Waals surface area (Å²) < 4.78 is 21.4. The molecule has 8 heteroatoms. The molecular formula is C20H20ClNO6. The lowest BCUT2D eigenvalue weighted by molar-refractivity contribution is -0.129. The Morgan fingerprint density at radius 2 is 1.96 bits per heavy atom. The number of esters is 1. The highest BCUT2D eigenvalue weighted by Crippen LogP contribution is 2.38. The zero-order valence-electron chi connectivity index (χ0n) is 15.5.